The number of amides is 1. The first-order chi connectivity index (χ1) is 17.5. The molecule has 0 radical (unpaired) electrons. The van der Waals surface area contributed by atoms with Crippen LogP contribution < -0.4 is 4.74 Å². The molecule has 3 fully saturated rings. The number of carbonyl (C=O) groups excluding carboxylic acids is 1. The fourth-order valence-electron chi connectivity index (χ4n) is 6.37. The van der Waals surface area contributed by atoms with Crippen molar-refractivity contribution in [2.24, 2.45) is 0 Å². The molecule has 2 atom stereocenters. The number of halogens is 1. The third-order valence-corrected chi connectivity index (χ3v) is 8.97. The van der Waals surface area contributed by atoms with E-state index in [9.17, 15) is 4.79 Å². The van der Waals surface area contributed by atoms with E-state index in [-0.39, 0.29) is 5.91 Å². The van der Waals surface area contributed by atoms with E-state index >= 15 is 0 Å². The van der Waals surface area contributed by atoms with Crippen molar-refractivity contribution < 1.29 is 9.53 Å². The molecule has 0 unspecified atom stereocenters. The summed E-state index contributed by atoms with van der Waals surface area (Å²) in [6.45, 7) is 4.63. The Morgan fingerprint density at radius 1 is 0.889 bits per heavy atom. The van der Waals surface area contributed by atoms with Gasteiger partial charge in [-0.25, -0.2) is 0 Å². The minimum absolute atomic E-state index is 0.0819. The lowest BCUT2D eigenvalue weighted by molar-refractivity contribution is 0.0531. The zero-order valence-electron chi connectivity index (χ0n) is 21.7. The zero-order valence-corrected chi connectivity index (χ0v) is 22.5. The van der Waals surface area contributed by atoms with E-state index in [0.717, 1.165) is 64.0 Å². The molecule has 6 heteroatoms. The van der Waals surface area contributed by atoms with Crippen molar-refractivity contribution >= 4 is 17.5 Å². The molecule has 0 N–H and O–H groups in total. The number of piperazine rings is 1. The standard InChI is InChI=1S/C30H40ClN3O2/c1-32-18-20-34(21-19-32)28-4-3-5-29(28)36-27-16-10-23(11-17-27)22-8-14-26(15-9-22)33(2)30(35)24-6-12-25(31)13-7-24/h6-7,10-13,16-17,22,26,28-29H,3-5,8-9,14-15,18-21H2,1-2H3/t22?,26?,28-,29-/m0/s1. The van der Waals surface area contributed by atoms with Crippen LogP contribution in [0.2, 0.25) is 5.02 Å². The highest BCUT2D eigenvalue weighted by atomic mass is 35.5. The van der Waals surface area contributed by atoms with E-state index in [2.05, 4.69) is 41.1 Å². The molecular formula is C30H40ClN3O2. The van der Waals surface area contributed by atoms with Gasteiger partial charge in [0.1, 0.15) is 11.9 Å². The van der Waals surface area contributed by atoms with E-state index < -0.39 is 0 Å². The Labute approximate surface area is 221 Å². The summed E-state index contributed by atoms with van der Waals surface area (Å²) >= 11 is 5.98. The summed E-state index contributed by atoms with van der Waals surface area (Å²) in [6.07, 6.45) is 8.27. The van der Waals surface area contributed by atoms with Gasteiger partial charge in [-0.2, -0.15) is 0 Å². The number of carbonyl (C=O) groups is 1. The zero-order chi connectivity index (χ0) is 25.1. The summed E-state index contributed by atoms with van der Waals surface area (Å²) in [5.41, 5.74) is 2.10. The van der Waals surface area contributed by atoms with Gasteiger partial charge < -0.3 is 14.5 Å². The number of nitrogens with zero attached hydrogens (tertiary/aromatic N) is 3. The molecule has 2 aromatic carbocycles. The second-order valence-electron chi connectivity index (χ2n) is 11.0. The summed E-state index contributed by atoms with van der Waals surface area (Å²) in [7, 11) is 4.15. The smallest absolute Gasteiger partial charge is 0.253 e. The number of hydrogen-bond acceptors (Lipinski definition) is 4. The third kappa shape index (κ3) is 5.90. The van der Waals surface area contributed by atoms with Gasteiger partial charge in [0.25, 0.3) is 5.91 Å². The predicted octanol–water partition coefficient (Wildman–Crippen LogP) is 5.69. The van der Waals surface area contributed by atoms with Gasteiger partial charge in [-0.1, -0.05) is 23.7 Å². The van der Waals surface area contributed by atoms with Gasteiger partial charge in [0.05, 0.1) is 0 Å². The Hall–Kier alpha value is -2.08. The van der Waals surface area contributed by atoms with Gasteiger partial charge in [0, 0.05) is 55.9 Å². The first-order valence-electron chi connectivity index (χ1n) is 13.7. The number of hydrogen-bond donors (Lipinski definition) is 0. The normalized spacial score (nSPS) is 27.6. The lowest BCUT2D eigenvalue weighted by atomic mass is 9.81. The van der Waals surface area contributed by atoms with E-state index in [1.807, 2.05) is 24.1 Å². The van der Waals surface area contributed by atoms with Crippen LogP contribution in [-0.4, -0.2) is 79.1 Å². The molecule has 1 aliphatic heterocycles. The minimum Gasteiger partial charge on any atom is -0.489 e. The van der Waals surface area contributed by atoms with Crippen molar-refractivity contribution in [2.75, 3.05) is 40.3 Å². The van der Waals surface area contributed by atoms with Crippen molar-refractivity contribution in [3.63, 3.8) is 0 Å². The van der Waals surface area contributed by atoms with Crippen molar-refractivity contribution in [1.29, 1.82) is 0 Å². The third-order valence-electron chi connectivity index (χ3n) is 8.72. The van der Waals surface area contributed by atoms with Gasteiger partial charge in [-0.3, -0.25) is 9.69 Å². The number of rotatable bonds is 6. The summed E-state index contributed by atoms with van der Waals surface area (Å²) in [5.74, 6) is 1.64. The molecule has 0 aromatic heterocycles. The highest BCUT2D eigenvalue weighted by Gasteiger charge is 2.35. The molecule has 5 rings (SSSR count). The van der Waals surface area contributed by atoms with Crippen molar-refractivity contribution in [1.82, 2.24) is 14.7 Å². The topological polar surface area (TPSA) is 36.0 Å². The second-order valence-corrected chi connectivity index (χ2v) is 11.4. The summed E-state index contributed by atoms with van der Waals surface area (Å²) in [5, 5.41) is 0.657. The van der Waals surface area contributed by atoms with Crippen LogP contribution in [0, 0.1) is 0 Å². The van der Waals surface area contributed by atoms with E-state index in [1.54, 1.807) is 12.1 Å². The summed E-state index contributed by atoms with van der Waals surface area (Å²) in [4.78, 5) is 19.9. The first kappa shape index (κ1) is 25.6. The number of ether oxygens (including phenoxy) is 1. The maximum atomic E-state index is 12.9. The molecule has 1 saturated heterocycles. The summed E-state index contributed by atoms with van der Waals surface area (Å²) in [6, 6.07) is 16.9. The van der Waals surface area contributed by atoms with Gasteiger partial charge in [-0.15, -0.1) is 0 Å². The quantitative estimate of drug-likeness (QED) is 0.501. The van der Waals surface area contributed by atoms with Crippen LogP contribution in [0.15, 0.2) is 48.5 Å². The lowest BCUT2D eigenvalue weighted by Crippen LogP contribution is -2.52. The molecule has 1 heterocycles. The Balaban J connectivity index is 1.12. The molecule has 2 aromatic rings. The predicted molar refractivity (Wildman–Crippen MR) is 146 cm³/mol. The van der Waals surface area contributed by atoms with Crippen LogP contribution >= 0.6 is 11.6 Å². The molecule has 0 spiro atoms. The van der Waals surface area contributed by atoms with Crippen LogP contribution in [0.25, 0.3) is 0 Å². The SMILES string of the molecule is CN1CCN([C@H]2CCC[C@@H]2Oc2ccc(C3CCC(N(C)C(=O)c4ccc(Cl)cc4)CC3)cc2)CC1. The van der Waals surface area contributed by atoms with Crippen LogP contribution in [0.4, 0.5) is 0 Å². The van der Waals surface area contributed by atoms with Crippen molar-refractivity contribution in [3.05, 3.63) is 64.7 Å². The van der Waals surface area contributed by atoms with Gasteiger partial charge in [-0.05, 0) is 99.9 Å². The fourth-order valence-corrected chi connectivity index (χ4v) is 6.49. The fraction of sp³-hybridized carbons (Fsp3) is 0.567. The van der Waals surface area contributed by atoms with Crippen LogP contribution in [0.5, 0.6) is 5.75 Å². The highest BCUT2D eigenvalue weighted by Crippen LogP contribution is 2.36. The molecule has 1 amide bonds. The monoisotopic (exact) mass is 509 g/mol. The molecule has 36 heavy (non-hydrogen) atoms. The van der Waals surface area contributed by atoms with E-state index in [0.29, 0.717) is 34.7 Å². The minimum atomic E-state index is 0.0819. The van der Waals surface area contributed by atoms with Gasteiger partial charge in [0.2, 0.25) is 0 Å². The number of benzene rings is 2. The maximum Gasteiger partial charge on any atom is 0.253 e. The van der Waals surface area contributed by atoms with Gasteiger partial charge in [0.15, 0.2) is 0 Å². The molecule has 5 nitrogen and oxygen atoms in total. The average Bonchev–Trinajstić information content (AvgIpc) is 3.37. The Morgan fingerprint density at radius 2 is 1.56 bits per heavy atom. The Morgan fingerprint density at radius 3 is 2.22 bits per heavy atom. The molecular weight excluding hydrogens is 470 g/mol. The first-order valence-corrected chi connectivity index (χ1v) is 14.1. The number of likely N-dealkylation sites (N-methyl/N-ethyl adjacent to an activating group) is 1. The van der Waals surface area contributed by atoms with Crippen LogP contribution in [0.3, 0.4) is 0 Å². The van der Waals surface area contributed by atoms with Crippen molar-refractivity contribution in [3.8, 4) is 5.75 Å². The summed E-state index contributed by atoms with van der Waals surface area (Å²) < 4.78 is 6.53. The molecule has 0 bridgehead atoms. The highest BCUT2D eigenvalue weighted by molar-refractivity contribution is 6.30. The lowest BCUT2D eigenvalue weighted by Gasteiger charge is -2.38. The average molecular weight is 510 g/mol. The molecule has 2 saturated carbocycles. The van der Waals surface area contributed by atoms with E-state index in [1.165, 1.54) is 18.4 Å². The second kappa shape index (κ2) is 11.5. The Bertz CT molecular complexity index is 996. The van der Waals surface area contributed by atoms with Gasteiger partial charge >= 0.3 is 0 Å². The molecule has 3 aliphatic rings. The van der Waals surface area contributed by atoms with Crippen molar-refractivity contribution in [2.45, 2.75) is 69.1 Å². The van der Waals surface area contributed by atoms with Crippen LogP contribution in [-0.2, 0) is 0 Å². The Kier molecular flexibility index (Phi) is 8.19. The molecule has 2 aliphatic carbocycles. The largest absolute Gasteiger partial charge is 0.489 e. The maximum absolute atomic E-state index is 12.9. The van der Waals surface area contributed by atoms with Crippen LogP contribution in [0.1, 0.15) is 66.8 Å². The van der Waals surface area contributed by atoms with E-state index in [4.69, 9.17) is 16.3 Å². The molecule has 194 valence electrons.